The van der Waals surface area contributed by atoms with E-state index in [1.165, 1.54) is 17.3 Å². The van der Waals surface area contributed by atoms with Gasteiger partial charge in [-0.05, 0) is 71.3 Å². The minimum Gasteiger partial charge on any atom is -0.470 e. The van der Waals surface area contributed by atoms with Crippen LogP contribution in [0.25, 0.3) is 23.4 Å². The molecule has 4 aromatic heterocycles. The van der Waals surface area contributed by atoms with E-state index in [0.29, 0.717) is 11.0 Å². The monoisotopic (exact) mass is 720 g/mol. The molecule has 4 aromatic rings. The Labute approximate surface area is 311 Å². The fourth-order valence-electron chi connectivity index (χ4n) is 6.68. The Morgan fingerprint density at radius 1 is 0.788 bits per heavy atom. The van der Waals surface area contributed by atoms with Gasteiger partial charge in [-0.2, -0.15) is 4.98 Å². The fraction of sp³-hybridized carbons (Fsp3) is 0.436. The van der Waals surface area contributed by atoms with Crippen molar-refractivity contribution in [2.45, 2.75) is 64.3 Å². The third-order valence-corrected chi connectivity index (χ3v) is 10.5. The molecule has 11 nitrogen and oxygen atoms in total. The van der Waals surface area contributed by atoms with Crippen LogP contribution in [0.2, 0.25) is 5.15 Å². The van der Waals surface area contributed by atoms with E-state index in [1.807, 2.05) is 31.8 Å². The highest BCUT2D eigenvalue weighted by Gasteiger charge is 2.52. The zero-order chi connectivity index (χ0) is 36.5. The van der Waals surface area contributed by atoms with E-state index in [-0.39, 0.29) is 24.4 Å². The molecule has 0 bridgehead atoms. The molecule has 0 amide bonds. The minimum atomic E-state index is -0.318. The third kappa shape index (κ3) is 8.42. The number of hydrogen-bond acceptors (Lipinski definition) is 11. The topological polar surface area (TPSA) is 112 Å². The summed E-state index contributed by atoms with van der Waals surface area (Å²) in [7, 11) is 3.88. The van der Waals surface area contributed by atoms with Crippen molar-refractivity contribution in [3.8, 4) is 17.1 Å². The van der Waals surface area contributed by atoms with Crippen molar-refractivity contribution in [2.75, 3.05) is 40.3 Å². The summed E-state index contributed by atoms with van der Waals surface area (Å²) < 4.78 is 17.5. The van der Waals surface area contributed by atoms with Crippen LogP contribution in [0.1, 0.15) is 55.9 Å². The number of rotatable bonds is 6. The van der Waals surface area contributed by atoms with E-state index in [2.05, 4.69) is 106 Å². The van der Waals surface area contributed by atoms with Gasteiger partial charge in [0.05, 0.1) is 52.6 Å². The quantitative estimate of drug-likeness (QED) is 0.252. The molecule has 13 heteroatoms. The van der Waals surface area contributed by atoms with E-state index in [1.54, 1.807) is 6.20 Å². The number of likely N-dealkylation sites (N-methyl/N-ethyl adjacent to an activating group) is 1. The van der Waals surface area contributed by atoms with Gasteiger partial charge in [0, 0.05) is 68.6 Å². The van der Waals surface area contributed by atoms with E-state index in [0.717, 1.165) is 85.2 Å². The Morgan fingerprint density at radius 3 is 2.08 bits per heavy atom. The van der Waals surface area contributed by atoms with Crippen LogP contribution in [0.4, 0.5) is 0 Å². The molecular weight excluding hydrogens is 675 g/mol. The molecule has 5 aliphatic rings. The Bertz CT molecular complexity index is 1950. The van der Waals surface area contributed by atoms with E-state index in [9.17, 15) is 0 Å². The second kappa shape index (κ2) is 15.1. The summed E-state index contributed by atoms with van der Waals surface area (Å²) in [6.07, 6.45) is 22.2. The lowest BCUT2D eigenvalue weighted by molar-refractivity contribution is 0.00578. The van der Waals surface area contributed by atoms with Crippen molar-refractivity contribution in [3.05, 3.63) is 94.8 Å². The number of pyridine rings is 2. The van der Waals surface area contributed by atoms with Gasteiger partial charge in [0.1, 0.15) is 6.10 Å². The molecule has 3 aliphatic heterocycles. The van der Waals surface area contributed by atoms with Crippen molar-refractivity contribution < 1.29 is 14.0 Å². The molecule has 0 unspecified atom stereocenters. The van der Waals surface area contributed by atoms with E-state index in [4.69, 9.17) is 30.6 Å². The summed E-state index contributed by atoms with van der Waals surface area (Å²) in [5, 5.41) is 0.366. The lowest BCUT2D eigenvalue weighted by atomic mass is 9.79. The maximum absolute atomic E-state index is 6.02. The van der Waals surface area contributed by atoms with Crippen LogP contribution in [-0.4, -0.2) is 104 Å². The predicted molar refractivity (Wildman–Crippen MR) is 204 cm³/mol. The molecule has 0 spiro atoms. The molecule has 3 fully saturated rings. The highest BCUT2D eigenvalue weighted by molar-refractivity contribution is 6.62. The second-order valence-electron chi connectivity index (χ2n) is 15.2. The molecule has 0 aromatic carbocycles. The van der Waals surface area contributed by atoms with Crippen LogP contribution >= 0.6 is 11.6 Å². The Balaban J connectivity index is 0.000000125. The SMILES string of the molecule is CC1(C)OB(c2cnc3c(c2)C=CC3)OC1(C)C.CN1CC(Cc2cncc(-c3cnc4c(c3)C=CC4)n2)C1.CN1CC(Oc2cncc(Cl)n2)C1. The Kier molecular flexibility index (Phi) is 10.6. The Morgan fingerprint density at radius 2 is 1.42 bits per heavy atom. The van der Waals surface area contributed by atoms with Gasteiger partial charge in [0.25, 0.3) is 0 Å². The van der Waals surface area contributed by atoms with Crippen molar-refractivity contribution in [3.63, 3.8) is 0 Å². The largest absolute Gasteiger partial charge is 0.496 e. The lowest BCUT2D eigenvalue weighted by Gasteiger charge is -2.35. The second-order valence-corrected chi connectivity index (χ2v) is 15.6. The molecule has 7 heterocycles. The van der Waals surface area contributed by atoms with Crippen molar-refractivity contribution >= 4 is 36.3 Å². The van der Waals surface area contributed by atoms with Crippen LogP contribution in [0.3, 0.4) is 0 Å². The predicted octanol–water partition coefficient (Wildman–Crippen LogP) is 4.98. The number of likely N-dealkylation sites (tertiary alicyclic amines) is 2. The summed E-state index contributed by atoms with van der Waals surface area (Å²) in [6.45, 7) is 12.5. The summed E-state index contributed by atoms with van der Waals surface area (Å²) >= 11 is 5.65. The van der Waals surface area contributed by atoms with E-state index < -0.39 is 0 Å². The first-order valence-electron chi connectivity index (χ1n) is 17.9. The number of nitrogens with zero attached hydrogens (tertiary/aromatic N) is 8. The van der Waals surface area contributed by atoms with Gasteiger partial charge in [0.15, 0.2) is 5.15 Å². The fourth-order valence-corrected chi connectivity index (χ4v) is 6.82. The van der Waals surface area contributed by atoms with Gasteiger partial charge < -0.3 is 18.9 Å². The van der Waals surface area contributed by atoms with Crippen molar-refractivity contribution in [1.29, 1.82) is 0 Å². The van der Waals surface area contributed by atoms with Crippen molar-refractivity contribution in [2.24, 2.45) is 5.92 Å². The summed E-state index contributed by atoms with van der Waals surface area (Å²) in [5.74, 6) is 1.23. The van der Waals surface area contributed by atoms with Gasteiger partial charge in [0.2, 0.25) is 5.88 Å². The highest BCUT2D eigenvalue weighted by atomic mass is 35.5. The highest BCUT2D eigenvalue weighted by Crippen LogP contribution is 2.36. The molecule has 9 rings (SSSR count). The first kappa shape index (κ1) is 36.3. The van der Waals surface area contributed by atoms with Gasteiger partial charge in [-0.3, -0.25) is 24.8 Å². The van der Waals surface area contributed by atoms with Crippen molar-refractivity contribution in [1.82, 2.24) is 39.7 Å². The molecule has 270 valence electrons. The van der Waals surface area contributed by atoms with Crippen LogP contribution < -0.4 is 10.2 Å². The third-order valence-electron chi connectivity index (χ3n) is 10.3. The molecular formula is C39H46BClN8O3. The molecule has 52 heavy (non-hydrogen) atoms. The zero-order valence-corrected chi connectivity index (χ0v) is 31.5. The summed E-state index contributed by atoms with van der Waals surface area (Å²) in [6, 6.07) is 4.28. The maximum Gasteiger partial charge on any atom is 0.496 e. The number of hydrogen-bond donors (Lipinski definition) is 0. The maximum atomic E-state index is 6.02. The molecule has 0 radical (unpaired) electrons. The van der Waals surface area contributed by atoms with Crippen LogP contribution in [0, 0.1) is 5.92 Å². The molecule has 0 N–H and O–H groups in total. The minimum absolute atomic E-state index is 0.234. The summed E-state index contributed by atoms with van der Waals surface area (Å²) in [5.41, 5.74) is 8.15. The number of ether oxygens (including phenoxy) is 1. The van der Waals surface area contributed by atoms with Gasteiger partial charge in [-0.1, -0.05) is 42.0 Å². The van der Waals surface area contributed by atoms with E-state index >= 15 is 0 Å². The zero-order valence-electron chi connectivity index (χ0n) is 30.8. The van der Waals surface area contributed by atoms with Crippen LogP contribution in [0.5, 0.6) is 5.88 Å². The van der Waals surface area contributed by atoms with Gasteiger partial charge in [-0.25, -0.2) is 4.98 Å². The molecule has 0 saturated carbocycles. The molecule has 0 atom stereocenters. The van der Waals surface area contributed by atoms with Crippen LogP contribution in [-0.2, 0) is 28.6 Å². The molecule has 3 saturated heterocycles. The standard InChI is InChI=1S/C17H18N4.C14H18BNO2.C8H10ClN3O/c1-21-10-12(11-21)5-15-8-18-9-17(20-15)14-6-13-3-2-4-16(13)19-7-14;1-13(2)14(3,4)18-15(17-13)11-8-10-6-5-7-12(10)16-9-11;1-12-4-6(5-12)13-8-3-10-2-7(9)11-8/h2-3,6-9,12H,4-5,10-11H2,1H3;5-6,8-9H,7H2,1-4H3;2-3,6H,4-5H2,1H3. The smallest absolute Gasteiger partial charge is 0.470 e. The first-order chi connectivity index (χ1) is 24.9. The first-order valence-corrected chi connectivity index (χ1v) is 18.3. The number of fused-ring (bicyclic) bond motifs is 2. The molecule has 2 aliphatic carbocycles. The van der Waals surface area contributed by atoms with Crippen LogP contribution in [0.15, 0.2) is 61.5 Å². The average Bonchev–Trinajstić information content (AvgIpc) is 3.81. The number of allylic oxidation sites excluding steroid dienone is 2. The van der Waals surface area contributed by atoms with Gasteiger partial charge >= 0.3 is 7.12 Å². The summed E-state index contributed by atoms with van der Waals surface area (Å²) in [4.78, 5) is 30.5. The number of halogens is 1. The lowest BCUT2D eigenvalue weighted by Crippen LogP contribution is -2.51. The average molecular weight is 721 g/mol. The number of aromatic nitrogens is 6. The van der Waals surface area contributed by atoms with Gasteiger partial charge in [-0.15, -0.1) is 0 Å². The normalized spacial score (nSPS) is 19.9. The Hall–Kier alpha value is -4.07.